The molecule has 3 nitrogen and oxygen atoms in total. The second-order valence-corrected chi connectivity index (χ2v) is 6.99. The lowest BCUT2D eigenvalue weighted by atomic mass is 10.1. The molecule has 0 fully saturated rings. The summed E-state index contributed by atoms with van der Waals surface area (Å²) in [6, 6.07) is 5.62. The van der Waals surface area contributed by atoms with Crippen LogP contribution in [-0.4, -0.2) is 28.2 Å². The summed E-state index contributed by atoms with van der Waals surface area (Å²) in [6.07, 6.45) is 2.40. The molecule has 0 aliphatic heterocycles. The fourth-order valence-electron chi connectivity index (χ4n) is 1.45. The van der Waals surface area contributed by atoms with Gasteiger partial charge in [0.25, 0.3) is 5.91 Å². The standard InChI is InChI=1S/C13H18BrNO2S/c1-9-4-5-11(12(14)8-9)13(16)15-7-6-10(2)18(3)17/h4-5,8,10H,6-7H2,1-3H3,(H,15,16). The zero-order valence-corrected chi connectivity index (χ0v) is 13.2. The maximum Gasteiger partial charge on any atom is 0.252 e. The molecule has 0 aliphatic carbocycles. The highest BCUT2D eigenvalue weighted by Gasteiger charge is 2.11. The third-order valence-electron chi connectivity index (χ3n) is 2.77. The van der Waals surface area contributed by atoms with Crippen LogP contribution in [0.2, 0.25) is 0 Å². The maximum atomic E-state index is 11.9. The van der Waals surface area contributed by atoms with Crippen LogP contribution >= 0.6 is 15.9 Å². The minimum absolute atomic E-state index is 0.101. The van der Waals surface area contributed by atoms with E-state index in [0.29, 0.717) is 12.1 Å². The van der Waals surface area contributed by atoms with E-state index in [4.69, 9.17) is 0 Å². The Morgan fingerprint density at radius 1 is 1.50 bits per heavy atom. The first-order valence-corrected chi connectivity index (χ1v) is 8.20. The van der Waals surface area contributed by atoms with E-state index in [9.17, 15) is 9.00 Å². The molecule has 0 aromatic heterocycles. The average molecular weight is 332 g/mol. The van der Waals surface area contributed by atoms with E-state index in [1.807, 2.05) is 26.0 Å². The van der Waals surface area contributed by atoms with Gasteiger partial charge in [0, 0.05) is 33.3 Å². The molecule has 1 amide bonds. The second kappa shape index (κ2) is 7.04. The van der Waals surface area contributed by atoms with E-state index in [1.165, 1.54) is 0 Å². The Balaban J connectivity index is 2.53. The molecule has 0 saturated heterocycles. The normalized spacial score (nSPS) is 14.0. The molecule has 1 aromatic carbocycles. The SMILES string of the molecule is Cc1ccc(C(=O)NCCC(C)S(C)=O)c(Br)c1. The first kappa shape index (κ1) is 15.4. The molecular weight excluding hydrogens is 314 g/mol. The molecule has 2 unspecified atom stereocenters. The van der Waals surface area contributed by atoms with Gasteiger partial charge in [0.2, 0.25) is 0 Å². The Kier molecular flexibility index (Phi) is 6.02. The van der Waals surface area contributed by atoms with Gasteiger partial charge in [0.15, 0.2) is 0 Å². The molecule has 1 aromatic rings. The third-order valence-corrected chi connectivity index (χ3v) is 4.80. The monoisotopic (exact) mass is 331 g/mol. The van der Waals surface area contributed by atoms with Gasteiger partial charge in [-0.2, -0.15) is 0 Å². The number of amides is 1. The van der Waals surface area contributed by atoms with E-state index in [-0.39, 0.29) is 11.2 Å². The van der Waals surface area contributed by atoms with Crippen molar-refractivity contribution in [2.75, 3.05) is 12.8 Å². The maximum absolute atomic E-state index is 11.9. The number of carbonyl (C=O) groups excluding carboxylic acids is 1. The van der Waals surface area contributed by atoms with Crippen LogP contribution in [0.4, 0.5) is 0 Å². The molecule has 100 valence electrons. The highest BCUT2D eigenvalue weighted by atomic mass is 79.9. The topological polar surface area (TPSA) is 46.2 Å². The van der Waals surface area contributed by atoms with Crippen molar-refractivity contribution in [1.29, 1.82) is 0 Å². The van der Waals surface area contributed by atoms with Gasteiger partial charge in [-0.3, -0.25) is 9.00 Å². The van der Waals surface area contributed by atoms with Crippen molar-refractivity contribution in [2.45, 2.75) is 25.5 Å². The Labute approximate surface area is 119 Å². The van der Waals surface area contributed by atoms with Gasteiger partial charge in [-0.15, -0.1) is 0 Å². The van der Waals surface area contributed by atoms with E-state index < -0.39 is 10.8 Å². The van der Waals surface area contributed by atoms with Gasteiger partial charge >= 0.3 is 0 Å². The minimum atomic E-state index is -0.838. The van der Waals surface area contributed by atoms with E-state index in [2.05, 4.69) is 21.2 Å². The molecule has 2 atom stereocenters. The Morgan fingerprint density at radius 3 is 2.72 bits per heavy atom. The fraction of sp³-hybridized carbons (Fsp3) is 0.462. The lowest BCUT2D eigenvalue weighted by Crippen LogP contribution is -2.27. The van der Waals surface area contributed by atoms with Gasteiger partial charge in [0.05, 0.1) is 5.56 Å². The number of hydrogen-bond acceptors (Lipinski definition) is 2. The van der Waals surface area contributed by atoms with Crippen molar-refractivity contribution >= 4 is 32.6 Å². The van der Waals surface area contributed by atoms with E-state index >= 15 is 0 Å². The third kappa shape index (κ3) is 4.53. The number of nitrogens with one attached hydrogen (secondary N) is 1. The minimum Gasteiger partial charge on any atom is -0.352 e. The fourth-order valence-corrected chi connectivity index (χ4v) is 2.58. The van der Waals surface area contributed by atoms with Crippen molar-refractivity contribution in [1.82, 2.24) is 5.32 Å². The van der Waals surface area contributed by atoms with Crippen LogP contribution in [0.3, 0.4) is 0 Å². The number of benzene rings is 1. The lowest BCUT2D eigenvalue weighted by Gasteiger charge is -2.10. The van der Waals surface area contributed by atoms with Gasteiger partial charge < -0.3 is 5.32 Å². The first-order valence-electron chi connectivity index (χ1n) is 5.78. The molecule has 1 N–H and O–H groups in total. The molecule has 18 heavy (non-hydrogen) atoms. The number of hydrogen-bond donors (Lipinski definition) is 1. The Bertz CT molecular complexity index is 462. The molecule has 0 radical (unpaired) electrons. The van der Waals surface area contributed by atoms with Crippen molar-refractivity contribution in [2.24, 2.45) is 0 Å². The zero-order chi connectivity index (χ0) is 13.7. The van der Waals surface area contributed by atoms with Gasteiger partial charge in [-0.1, -0.05) is 13.0 Å². The quantitative estimate of drug-likeness (QED) is 0.901. The molecule has 0 aliphatic rings. The molecule has 5 heteroatoms. The molecular formula is C13H18BrNO2S. The first-order chi connectivity index (χ1) is 8.41. The van der Waals surface area contributed by atoms with E-state index in [0.717, 1.165) is 16.5 Å². The van der Waals surface area contributed by atoms with Crippen LogP contribution in [0.1, 0.15) is 29.3 Å². The molecule has 0 bridgehead atoms. The number of carbonyl (C=O) groups is 1. The molecule has 0 spiro atoms. The summed E-state index contributed by atoms with van der Waals surface area (Å²) in [4.78, 5) is 11.9. The summed E-state index contributed by atoms with van der Waals surface area (Å²) in [6.45, 7) is 4.44. The summed E-state index contributed by atoms with van der Waals surface area (Å²) < 4.78 is 12.0. The van der Waals surface area contributed by atoms with Gasteiger partial charge in [-0.25, -0.2) is 0 Å². The molecule has 1 rings (SSSR count). The smallest absolute Gasteiger partial charge is 0.252 e. The lowest BCUT2D eigenvalue weighted by molar-refractivity contribution is 0.0952. The summed E-state index contributed by atoms with van der Waals surface area (Å²) in [5.41, 5.74) is 1.74. The van der Waals surface area contributed by atoms with Crippen molar-refractivity contribution in [3.63, 3.8) is 0 Å². The highest BCUT2D eigenvalue weighted by Crippen LogP contribution is 2.18. The summed E-state index contributed by atoms with van der Waals surface area (Å²) in [7, 11) is -0.838. The van der Waals surface area contributed by atoms with Gasteiger partial charge in [0.1, 0.15) is 0 Å². The van der Waals surface area contributed by atoms with Crippen LogP contribution in [0, 0.1) is 6.92 Å². The Hall–Kier alpha value is -0.680. The van der Waals surface area contributed by atoms with Crippen LogP contribution < -0.4 is 5.32 Å². The van der Waals surface area contributed by atoms with Crippen LogP contribution in [0.15, 0.2) is 22.7 Å². The summed E-state index contributed by atoms with van der Waals surface area (Å²) >= 11 is 3.38. The zero-order valence-electron chi connectivity index (χ0n) is 10.8. The van der Waals surface area contributed by atoms with Crippen LogP contribution in [-0.2, 0) is 10.8 Å². The van der Waals surface area contributed by atoms with Crippen molar-refractivity contribution < 1.29 is 9.00 Å². The number of aryl methyl sites for hydroxylation is 1. The predicted octanol–water partition coefficient (Wildman–Crippen LogP) is 2.64. The van der Waals surface area contributed by atoms with Gasteiger partial charge in [-0.05, 0) is 47.0 Å². The van der Waals surface area contributed by atoms with Crippen molar-refractivity contribution in [3.8, 4) is 0 Å². The molecule has 0 saturated carbocycles. The highest BCUT2D eigenvalue weighted by molar-refractivity contribution is 9.10. The summed E-state index contributed by atoms with van der Waals surface area (Å²) in [5, 5.41) is 2.95. The number of rotatable bonds is 5. The second-order valence-electron chi connectivity index (χ2n) is 4.34. The van der Waals surface area contributed by atoms with Crippen LogP contribution in [0.25, 0.3) is 0 Å². The molecule has 0 heterocycles. The predicted molar refractivity (Wildman–Crippen MR) is 79.4 cm³/mol. The van der Waals surface area contributed by atoms with E-state index in [1.54, 1.807) is 12.3 Å². The van der Waals surface area contributed by atoms with Crippen molar-refractivity contribution in [3.05, 3.63) is 33.8 Å². The Morgan fingerprint density at radius 2 is 2.17 bits per heavy atom. The summed E-state index contributed by atoms with van der Waals surface area (Å²) in [5.74, 6) is -0.101. The van der Waals surface area contributed by atoms with Crippen LogP contribution in [0.5, 0.6) is 0 Å². The average Bonchev–Trinajstić information content (AvgIpc) is 2.28. The largest absolute Gasteiger partial charge is 0.352 e. The number of halogens is 1.